The Hall–Kier alpha value is -1.50. The predicted molar refractivity (Wildman–Crippen MR) is 74.4 cm³/mol. The van der Waals surface area contributed by atoms with Crippen molar-refractivity contribution in [2.45, 2.75) is 12.7 Å². The zero-order valence-electron chi connectivity index (χ0n) is 11.3. The van der Waals surface area contributed by atoms with E-state index in [-0.39, 0.29) is 19.3 Å². The molecule has 1 fully saturated rings. The molecule has 110 valence electrons. The molecule has 3 N–H and O–H groups in total. The second-order valence-electron chi connectivity index (χ2n) is 5.03. The molecule has 6 nitrogen and oxygen atoms in total. The van der Waals surface area contributed by atoms with E-state index in [0.29, 0.717) is 18.1 Å². The number of hydrogen-bond donors (Lipinski definition) is 3. The van der Waals surface area contributed by atoms with Crippen LogP contribution in [0.3, 0.4) is 0 Å². The number of nitrogens with zero attached hydrogens (tertiary/aromatic N) is 1. The first kappa shape index (κ1) is 13.5. The maximum absolute atomic E-state index is 9.57. The van der Waals surface area contributed by atoms with Crippen LogP contribution in [0.15, 0.2) is 12.1 Å². The van der Waals surface area contributed by atoms with Crippen LogP contribution in [0, 0.1) is 0 Å². The Morgan fingerprint density at radius 2 is 2.05 bits per heavy atom. The second-order valence-corrected chi connectivity index (χ2v) is 5.03. The average molecular weight is 280 g/mol. The van der Waals surface area contributed by atoms with Gasteiger partial charge >= 0.3 is 0 Å². The van der Waals surface area contributed by atoms with Crippen LogP contribution >= 0.6 is 0 Å². The van der Waals surface area contributed by atoms with Crippen molar-refractivity contribution < 1.29 is 19.7 Å². The second kappa shape index (κ2) is 5.87. The van der Waals surface area contributed by atoms with Gasteiger partial charge in [-0.25, -0.2) is 0 Å². The Morgan fingerprint density at radius 1 is 1.25 bits per heavy atom. The lowest BCUT2D eigenvalue weighted by Crippen LogP contribution is -2.44. The van der Waals surface area contributed by atoms with Gasteiger partial charge in [-0.05, 0) is 6.07 Å². The SMILES string of the molecule is OCc1ccc2c(c1N1CCNCC1)OCC(CO)O2. The van der Waals surface area contributed by atoms with Crippen molar-refractivity contribution in [3.05, 3.63) is 17.7 Å². The van der Waals surface area contributed by atoms with E-state index in [1.165, 1.54) is 0 Å². The summed E-state index contributed by atoms with van der Waals surface area (Å²) in [5, 5.41) is 22.1. The monoisotopic (exact) mass is 280 g/mol. The van der Waals surface area contributed by atoms with Gasteiger partial charge in [-0.15, -0.1) is 0 Å². The average Bonchev–Trinajstić information content (AvgIpc) is 2.53. The molecule has 1 atom stereocenters. The highest BCUT2D eigenvalue weighted by Gasteiger charge is 2.27. The van der Waals surface area contributed by atoms with E-state index in [0.717, 1.165) is 37.4 Å². The Labute approximate surface area is 117 Å². The van der Waals surface area contributed by atoms with Crippen LogP contribution in [0.1, 0.15) is 5.56 Å². The minimum Gasteiger partial charge on any atom is -0.484 e. The van der Waals surface area contributed by atoms with Crippen LogP contribution in [-0.4, -0.2) is 55.7 Å². The summed E-state index contributed by atoms with van der Waals surface area (Å²) in [6.07, 6.45) is -0.321. The number of fused-ring (bicyclic) bond motifs is 1. The van der Waals surface area contributed by atoms with Crippen LogP contribution in [0.2, 0.25) is 0 Å². The highest BCUT2D eigenvalue weighted by Crippen LogP contribution is 2.43. The van der Waals surface area contributed by atoms with Gasteiger partial charge in [0.05, 0.1) is 18.9 Å². The van der Waals surface area contributed by atoms with Gasteiger partial charge < -0.3 is 29.9 Å². The molecule has 0 bridgehead atoms. The molecule has 2 aliphatic heterocycles. The molecule has 20 heavy (non-hydrogen) atoms. The van der Waals surface area contributed by atoms with Crippen molar-refractivity contribution >= 4 is 5.69 Å². The van der Waals surface area contributed by atoms with E-state index in [2.05, 4.69) is 10.2 Å². The van der Waals surface area contributed by atoms with Crippen LogP contribution in [0.4, 0.5) is 5.69 Å². The van der Waals surface area contributed by atoms with Gasteiger partial charge in [0.2, 0.25) is 0 Å². The normalized spacial score (nSPS) is 21.9. The Balaban J connectivity index is 1.97. The highest BCUT2D eigenvalue weighted by atomic mass is 16.6. The van der Waals surface area contributed by atoms with Crippen LogP contribution < -0.4 is 19.7 Å². The molecule has 0 aliphatic carbocycles. The number of aliphatic hydroxyl groups is 2. The first-order chi connectivity index (χ1) is 9.83. The van der Waals surface area contributed by atoms with Gasteiger partial charge in [0, 0.05) is 31.7 Å². The summed E-state index contributed by atoms with van der Waals surface area (Å²) in [6.45, 7) is 3.80. The van der Waals surface area contributed by atoms with E-state index in [4.69, 9.17) is 9.47 Å². The first-order valence-corrected chi connectivity index (χ1v) is 6.96. The van der Waals surface area contributed by atoms with E-state index in [9.17, 15) is 10.2 Å². The number of nitrogens with one attached hydrogen (secondary N) is 1. The van der Waals surface area contributed by atoms with Gasteiger partial charge in [0.1, 0.15) is 6.61 Å². The summed E-state index contributed by atoms with van der Waals surface area (Å²) >= 11 is 0. The molecule has 1 unspecified atom stereocenters. The predicted octanol–water partition coefficient (Wildman–Crippen LogP) is -0.279. The van der Waals surface area contributed by atoms with E-state index in [1.54, 1.807) is 6.07 Å². The standard InChI is InChI=1S/C14H20N2O4/c17-7-10-1-2-12-14(19-9-11(8-18)20-12)13(10)16-5-3-15-4-6-16/h1-2,11,15,17-18H,3-9H2. The molecule has 0 spiro atoms. The molecular weight excluding hydrogens is 260 g/mol. The van der Waals surface area contributed by atoms with Crippen molar-refractivity contribution in [1.29, 1.82) is 0 Å². The van der Waals surface area contributed by atoms with Gasteiger partial charge in [0.15, 0.2) is 17.6 Å². The summed E-state index contributed by atoms with van der Waals surface area (Å²) in [5.41, 5.74) is 1.76. The molecule has 2 heterocycles. The van der Waals surface area contributed by atoms with Crippen molar-refractivity contribution in [2.24, 2.45) is 0 Å². The fourth-order valence-electron chi connectivity index (χ4n) is 2.67. The number of anilines is 1. The number of piperazine rings is 1. The Morgan fingerprint density at radius 3 is 2.75 bits per heavy atom. The molecule has 0 radical (unpaired) electrons. The van der Waals surface area contributed by atoms with E-state index >= 15 is 0 Å². The molecule has 6 heteroatoms. The summed E-state index contributed by atoms with van der Waals surface area (Å²) < 4.78 is 11.5. The number of hydrogen-bond acceptors (Lipinski definition) is 6. The fraction of sp³-hybridized carbons (Fsp3) is 0.571. The molecule has 1 aromatic rings. The number of rotatable bonds is 3. The Bertz CT molecular complexity index is 474. The lowest BCUT2D eigenvalue weighted by molar-refractivity contribution is 0.0457. The molecule has 3 rings (SSSR count). The molecule has 1 saturated heterocycles. The topological polar surface area (TPSA) is 74.2 Å². The van der Waals surface area contributed by atoms with Crippen LogP contribution in [-0.2, 0) is 6.61 Å². The Kier molecular flexibility index (Phi) is 3.95. The van der Waals surface area contributed by atoms with E-state index in [1.807, 2.05) is 6.07 Å². The quantitative estimate of drug-likeness (QED) is 0.707. The van der Waals surface area contributed by atoms with Gasteiger partial charge in [-0.3, -0.25) is 0 Å². The lowest BCUT2D eigenvalue weighted by atomic mass is 10.1. The molecule has 0 amide bonds. The summed E-state index contributed by atoms with van der Waals surface area (Å²) in [5.74, 6) is 1.32. The number of aliphatic hydroxyl groups excluding tert-OH is 2. The smallest absolute Gasteiger partial charge is 0.185 e. The maximum Gasteiger partial charge on any atom is 0.185 e. The highest BCUT2D eigenvalue weighted by molar-refractivity contribution is 5.70. The van der Waals surface area contributed by atoms with Gasteiger partial charge in [0.25, 0.3) is 0 Å². The van der Waals surface area contributed by atoms with Crippen molar-refractivity contribution in [1.82, 2.24) is 5.32 Å². The molecule has 0 saturated carbocycles. The third kappa shape index (κ3) is 2.42. The minimum atomic E-state index is -0.321. The number of benzene rings is 1. The van der Waals surface area contributed by atoms with Crippen molar-refractivity contribution in [2.75, 3.05) is 44.3 Å². The largest absolute Gasteiger partial charge is 0.484 e. The summed E-state index contributed by atoms with van der Waals surface area (Å²) in [7, 11) is 0. The van der Waals surface area contributed by atoms with Crippen LogP contribution in [0.5, 0.6) is 11.5 Å². The van der Waals surface area contributed by atoms with Gasteiger partial charge in [-0.2, -0.15) is 0 Å². The van der Waals surface area contributed by atoms with E-state index < -0.39 is 0 Å². The molecule has 1 aromatic carbocycles. The van der Waals surface area contributed by atoms with Crippen LogP contribution in [0.25, 0.3) is 0 Å². The third-order valence-corrected chi connectivity index (χ3v) is 3.69. The summed E-state index contributed by atoms with van der Waals surface area (Å²) in [6, 6.07) is 3.66. The van der Waals surface area contributed by atoms with Crippen molar-refractivity contribution in [3.63, 3.8) is 0 Å². The minimum absolute atomic E-state index is 0.0284. The third-order valence-electron chi connectivity index (χ3n) is 3.69. The first-order valence-electron chi connectivity index (χ1n) is 6.96. The molecule has 0 aromatic heterocycles. The maximum atomic E-state index is 9.57. The fourth-order valence-corrected chi connectivity index (χ4v) is 2.67. The molecular formula is C14H20N2O4. The van der Waals surface area contributed by atoms with Crippen molar-refractivity contribution in [3.8, 4) is 11.5 Å². The number of ether oxygens (including phenoxy) is 2. The summed E-state index contributed by atoms with van der Waals surface area (Å²) in [4.78, 5) is 2.21. The van der Waals surface area contributed by atoms with Gasteiger partial charge in [-0.1, -0.05) is 6.07 Å². The zero-order valence-corrected chi connectivity index (χ0v) is 11.3. The lowest BCUT2D eigenvalue weighted by Gasteiger charge is -2.35. The molecule has 2 aliphatic rings. The zero-order chi connectivity index (χ0) is 13.9.